The largest absolute Gasteiger partial charge is 0.444 e. The van der Waals surface area contributed by atoms with E-state index in [1.165, 1.54) is 0 Å². The van der Waals surface area contributed by atoms with Gasteiger partial charge in [-0.15, -0.1) is 0 Å². The van der Waals surface area contributed by atoms with Crippen LogP contribution in [0.25, 0.3) is 0 Å². The molecule has 0 radical (unpaired) electrons. The van der Waals surface area contributed by atoms with Gasteiger partial charge in [0.2, 0.25) is 0 Å². The van der Waals surface area contributed by atoms with Gasteiger partial charge in [0.25, 0.3) is 0 Å². The molecule has 1 heterocycles. The van der Waals surface area contributed by atoms with E-state index in [0.29, 0.717) is 13.1 Å². The van der Waals surface area contributed by atoms with Gasteiger partial charge in [0, 0.05) is 12.5 Å². The Morgan fingerprint density at radius 2 is 2.05 bits per heavy atom. The number of aliphatic hydroxyl groups is 1. The Balaban J connectivity index is 2.07. The Bertz CT molecular complexity index is 493. The van der Waals surface area contributed by atoms with Gasteiger partial charge in [0.1, 0.15) is 5.60 Å². The molecule has 1 amide bonds. The molecule has 110 valence electrons. The van der Waals surface area contributed by atoms with E-state index in [1.807, 2.05) is 45.9 Å². The van der Waals surface area contributed by atoms with Gasteiger partial charge in [-0.25, -0.2) is 4.79 Å². The third kappa shape index (κ3) is 3.51. The summed E-state index contributed by atoms with van der Waals surface area (Å²) in [6.45, 7) is 8.38. The molecule has 1 aliphatic rings. The average molecular weight is 277 g/mol. The van der Waals surface area contributed by atoms with Crippen LogP contribution in [0.5, 0.6) is 0 Å². The molecule has 1 aliphatic heterocycles. The number of aliphatic hydroxyl groups excluding tert-OH is 1. The van der Waals surface area contributed by atoms with Gasteiger partial charge in [0.15, 0.2) is 0 Å². The van der Waals surface area contributed by atoms with E-state index in [0.717, 1.165) is 11.1 Å². The van der Waals surface area contributed by atoms with E-state index in [2.05, 4.69) is 6.07 Å². The highest BCUT2D eigenvalue weighted by Crippen LogP contribution is 2.29. The average Bonchev–Trinajstić information content (AvgIpc) is 2.69. The molecule has 2 unspecified atom stereocenters. The van der Waals surface area contributed by atoms with E-state index in [9.17, 15) is 9.90 Å². The fourth-order valence-corrected chi connectivity index (χ4v) is 2.49. The second-order valence-electron chi connectivity index (χ2n) is 6.47. The first-order valence-electron chi connectivity index (χ1n) is 6.99. The first-order chi connectivity index (χ1) is 9.26. The van der Waals surface area contributed by atoms with Crippen molar-refractivity contribution >= 4 is 6.09 Å². The van der Waals surface area contributed by atoms with Crippen molar-refractivity contribution < 1.29 is 14.6 Å². The van der Waals surface area contributed by atoms with E-state index in [-0.39, 0.29) is 12.0 Å². The van der Waals surface area contributed by atoms with Crippen LogP contribution in [-0.2, 0) is 4.74 Å². The van der Waals surface area contributed by atoms with E-state index in [4.69, 9.17) is 4.74 Å². The lowest BCUT2D eigenvalue weighted by Gasteiger charge is -2.24. The Labute approximate surface area is 120 Å². The molecule has 0 spiro atoms. The van der Waals surface area contributed by atoms with Crippen molar-refractivity contribution in [2.24, 2.45) is 0 Å². The molecule has 2 atom stereocenters. The number of carbonyl (C=O) groups excluding carboxylic acids is 1. The maximum atomic E-state index is 12.0. The third-order valence-corrected chi connectivity index (χ3v) is 3.41. The molecule has 20 heavy (non-hydrogen) atoms. The van der Waals surface area contributed by atoms with E-state index < -0.39 is 11.7 Å². The number of rotatable bonds is 1. The van der Waals surface area contributed by atoms with Gasteiger partial charge < -0.3 is 14.7 Å². The lowest BCUT2D eigenvalue weighted by Crippen LogP contribution is -2.35. The summed E-state index contributed by atoms with van der Waals surface area (Å²) in [5.74, 6) is -0.0394. The first-order valence-corrected chi connectivity index (χ1v) is 6.99. The van der Waals surface area contributed by atoms with Crippen LogP contribution < -0.4 is 0 Å². The quantitative estimate of drug-likeness (QED) is 0.858. The number of carbonyl (C=O) groups is 1. The summed E-state index contributed by atoms with van der Waals surface area (Å²) in [5, 5.41) is 10.2. The maximum Gasteiger partial charge on any atom is 0.410 e. The van der Waals surface area contributed by atoms with Gasteiger partial charge in [-0.3, -0.25) is 0 Å². The number of likely N-dealkylation sites (tertiary alicyclic amines) is 1. The van der Waals surface area contributed by atoms with Crippen LogP contribution in [0.2, 0.25) is 0 Å². The second kappa shape index (κ2) is 5.44. The van der Waals surface area contributed by atoms with Crippen LogP contribution in [0, 0.1) is 6.92 Å². The van der Waals surface area contributed by atoms with Crippen LogP contribution >= 0.6 is 0 Å². The molecule has 2 rings (SSSR count). The fraction of sp³-hybridized carbons (Fsp3) is 0.562. The normalized spacial score (nSPS) is 22.9. The minimum atomic E-state index is -0.538. The molecule has 0 saturated carbocycles. The van der Waals surface area contributed by atoms with Gasteiger partial charge >= 0.3 is 6.09 Å². The minimum Gasteiger partial charge on any atom is -0.444 e. The van der Waals surface area contributed by atoms with Crippen molar-refractivity contribution in [2.75, 3.05) is 13.1 Å². The van der Waals surface area contributed by atoms with Crippen molar-refractivity contribution in [1.82, 2.24) is 4.90 Å². The van der Waals surface area contributed by atoms with Gasteiger partial charge in [0.05, 0.1) is 12.6 Å². The summed E-state index contributed by atoms with van der Waals surface area (Å²) < 4.78 is 5.35. The number of benzene rings is 1. The SMILES string of the molecule is Cc1cccc(C2CN(C(=O)OC(C)(C)C)CC2O)c1. The Morgan fingerprint density at radius 1 is 1.35 bits per heavy atom. The van der Waals surface area contributed by atoms with Gasteiger partial charge in [-0.2, -0.15) is 0 Å². The molecule has 0 bridgehead atoms. The molecule has 4 nitrogen and oxygen atoms in total. The number of hydrogen-bond acceptors (Lipinski definition) is 3. The Hall–Kier alpha value is -1.55. The van der Waals surface area contributed by atoms with E-state index in [1.54, 1.807) is 4.90 Å². The molecule has 1 N–H and O–H groups in total. The predicted octanol–water partition coefficient (Wildman–Crippen LogP) is 2.69. The second-order valence-corrected chi connectivity index (χ2v) is 6.47. The first kappa shape index (κ1) is 14.9. The molecule has 1 fully saturated rings. The summed E-state index contributed by atoms with van der Waals surface area (Å²) in [6, 6.07) is 8.07. The molecule has 0 aromatic heterocycles. The van der Waals surface area contributed by atoms with Gasteiger partial charge in [-0.1, -0.05) is 29.8 Å². The van der Waals surface area contributed by atoms with Crippen LogP contribution in [0.3, 0.4) is 0 Å². The monoisotopic (exact) mass is 277 g/mol. The standard InChI is InChI=1S/C16H23NO3/c1-11-6-5-7-12(8-11)13-9-17(10-14(13)18)15(19)20-16(2,3)4/h5-8,13-14,18H,9-10H2,1-4H3. The van der Waals surface area contributed by atoms with Crippen molar-refractivity contribution in [3.63, 3.8) is 0 Å². The van der Waals surface area contributed by atoms with Crippen LogP contribution in [0.1, 0.15) is 37.8 Å². The fourth-order valence-electron chi connectivity index (χ4n) is 2.49. The zero-order valence-electron chi connectivity index (χ0n) is 12.6. The van der Waals surface area contributed by atoms with E-state index >= 15 is 0 Å². The number of nitrogens with zero attached hydrogens (tertiary/aromatic N) is 1. The molecule has 1 saturated heterocycles. The lowest BCUT2D eigenvalue weighted by atomic mass is 9.95. The zero-order chi connectivity index (χ0) is 14.9. The molecular weight excluding hydrogens is 254 g/mol. The van der Waals surface area contributed by atoms with Crippen molar-refractivity contribution in [2.45, 2.75) is 45.3 Å². The third-order valence-electron chi connectivity index (χ3n) is 3.41. The summed E-state index contributed by atoms with van der Waals surface area (Å²) in [6.07, 6.45) is -0.893. The number of aryl methyl sites for hydroxylation is 1. The number of hydrogen-bond donors (Lipinski definition) is 1. The van der Waals surface area contributed by atoms with Crippen LogP contribution in [-0.4, -0.2) is 40.9 Å². The van der Waals surface area contributed by atoms with Crippen molar-refractivity contribution in [3.8, 4) is 0 Å². The summed E-state index contributed by atoms with van der Waals surface area (Å²) in [7, 11) is 0. The summed E-state index contributed by atoms with van der Waals surface area (Å²) >= 11 is 0. The highest BCUT2D eigenvalue weighted by molar-refractivity contribution is 5.69. The highest BCUT2D eigenvalue weighted by Gasteiger charge is 2.36. The predicted molar refractivity (Wildman–Crippen MR) is 77.7 cm³/mol. The Morgan fingerprint density at radius 3 is 2.65 bits per heavy atom. The summed E-state index contributed by atoms with van der Waals surface area (Å²) in [4.78, 5) is 13.6. The van der Waals surface area contributed by atoms with Crippen LogP contribution in [0.4, 0.5) is 4.79 Å². The Kier molecular flexibility index (Phi) is 4.04. The summed E-state index contributed by atoms with van der Waals surface area (Å²) in [5.41, 5.74) is 1.72. The molecular formula is C16H23NO3. The minimum absolute atomic E-state index is 0.0394. The van der Waals surface area contributed by atoms with Crippen LogP contribution in [0.15, 0.2) is 24.3 Å². The zero-order valence-corrected chi connectivity index (χ0v) is 12.6. The molecule has 1 aromatic rings. The molecule has 4 heteroatoms. The number of β-amino-alcohol motifs (C(OH)–C–C–N with tert-alkyl or cyclic N) is 1. The smallest absolute Gasteiger partial charge is 0.410 e. The number of amides is 1. The molecule has 1 aromatic carbocycles. The molecule has 0 aliphatic carbocycles. The number of ether oxygens (including phenoxy) is 1. The van der Waals surface area contributed by atoms with Crippen molar-refractivity contribution in [3.05, 3.63) is 35.4 Å². The highest BCUT2D eigenvalue weighted by atomic mass is 16.6. The lowest BCUT2D eigenvalue weighted by molar-refractivity contribution is 0.0270. The topological polar surface area (TPSA) is 49.8 Å². The van der Waals surface area contributed by atoms with Gasteiger partial charge in [-0.05, 0) is 33.3 Å². The van der Waals surface area contributed by atoms with Crippen molar-refractivity contribution in [1.29, 1.82) is 0 Å². The maximum absolute atomic E-state index is 12.0.